The van der Waals surface area contributed by atoms with E-state index < -0.39 is 21.2 Å². The summed E-state index contributed by atoms with van der Waals surface area (Å²) in [6.45, 7) is -0.240. The summed E-state index contributed by atoms with van der Waals surface area (Å²) in [5.74, 6) is -0.750. The van der Waals surface area contributed by atoms with Crippen LogP contribution in [0, 0.1) is 5.82 Å². The number of hydrogen-bond donors (Lipinski definition) is 0. The molecule has 140 valence electrons. The summed E-state index contributed by atoms with van der Waals surface area (Å²) < 4.78 is 39.0. The monoisotopic (exact) mass is 390 g/mol. The maximum Gasteiger partial charge on any atom is 0.264 e. The second-order valence-corrected chi connectivity index (χ2v) is 8.72. The van der Waals surface area contributed by atoms with Crippen LogP contribution in [0.3, 0.4) is 0 Å². The molecule has 0 bridgehead atoms. The Balaban J connectivity index is 1.64. The smallest absolute Gasteiger partial charge is 0.264 e. The van der Waals surface area contributed by atoms with Gasteiger partial charge in [-0.3, -0.25) is 14.2 Å². The molecule has 10 heteroatoms. The zero-order valence-electron chi connectivity index (χ0n) is 14.1. The maximum absolute atomic E-state index is 13.0. The van der Waals surface area contributed by atoms with E-state index in [9.17, 15) is 22.4 Å². The van der Waals surface area contributed by atoms with E-state index >= 15 is 0 Å². The number of carbonyl (C=O) groups excluding carboxylic acids is 1. The van der Waals surface area contributed by atoms with Gasteiger partial charge in [-0.15, -0.1) is 0 Å². The Morgan fingerprint density at radius 2 is 2.00 bits per heavy atom. The van der Waals surface area contributed by atoms with Gasteiger partial charge in [-0.2, -0.15) is 5.10 Å². The zero-order chi connectivity index (χ0) is 19.2. The van der Waals surface area contributed by atoms with Crippen LogP contribution in [0.15, 0.2) is 41.6 Å². The number of aromatic nitrogens is 4. The molecule has 3 aromatic rings. The molecule has 1 aliphatic rings. The van der Waals surface area contributed by atoms with E-state index in [-0.39, 0.29) is 40.8 Å². The number of nitrogens with zero attached hydrogens (tertiary/aromatic N) is 4. The molecule has 8 nitrogen and oxygen atoms in total. The van der Waals surface area contributed by atoms with E-state index in [0.29, 0.717) is 12.1 Å². The SMILES string of the molecule is O=C(Cn1cnc2c(cnn2C2CCS(=O)(=O)C2)c1=O)c1ccc(F)cc1. The minimum Gasteiger partial charge on any atom is -0.292 e. The van der Waals surface area contributed by atoms with Gasteiger partial charge in [0.1, 0.15) is 17.5 Å². The fraction of sp³-hybridized carbons (Fsp3) is 0.294. The third-order valence-electron chi connectivity index (χ3n) is 4.61. The third-order valence-corrected chi connectivity index (χ3v) is 6.36. The molecule has 1 fully saturated rings. The van der Waals surface area contributed by atoms with Crippen LogP contribution in [-0.2, 0) is 16.4 Å². The molecule has 0 amide bonds. The Kier molecular flexibility index (Phi) is 4.14. The fourth-order valence-electron chi connectivity index (χ4n) is 3.20. The number of ketones is 1. The summed E-state index contributed by atoms with van der Waals surface area (Å²) in [6.07, 6.45) is 3.01. The van der Waals surface area contributed by atoms with E-state index in [1.807, 2.05) is 0 Å². The van der Waals surface area contributed by atoms with Gasteiger partial charge in [-0.25, -0.2) is 22.5 Å². The average Bonchev–Trinajstić information content (AvgIpc) is 3.21. The number of sulfone groups is 1. The first-order chi connectivity index (χ1) is 12.8. The molecule has 27 heavy (non-hydrogen) atoms. The summed E-state index contributed by atoms with van der Waals surface area (Å²) in [5, 5.41) is 4.36. The minimum absolute atomic E-state index is 0.0302. The maximum atomic E-state index is 13.0. The molecule has 0 aliphatic carbocycles. The molecule has 4 rings (SSSR count). The first kappa shape index (κ1) is 17.5. The van der Waals surface area contributed by atoms with Crippen molar-refractivity contribution in [3.63, 3.8) is 0 Å². The lowest BCUT2D eigenvalue weighted by Crippen LogP contribution is -2.25. The number of Topliss-reactive ketones (excluding diaryl/α,β-unsaturated/α-hetero) is 1. The predicted octanol–water partition coefficient (Wildman–Crippen LogP) is 0.975. The highest BCUT2D eigenvalue weighted by atomic mass is 32.2. The first-order valence-electron chi connectivity index (χ1n) is 8.26. The topological polar surface area (TPSA) is 104 Å². The predicted molar refractivity (Wildman–Crippen MR) is 94.8 cm³/mol. The summed E-state index contributed by atoms with van der Waals surface area (Å²) in [4.78, 5) is 29.2. The summed E-state index contributed by atoms with van der Waals surface area (Å²) in [5.41, 5.74) is 0.144. The van der Waals surface area contributed by atoms with Crippen molar-refractivity contribution >= 4 is 26.7 Å². The van der Waals surface area contributed by atoms with Crippen molar-refractivity contribution in [2.45, 2.75) is 19.0 Å². The molecule has 1 aliphatic heterocycles. The number of halogens is 1. The molecule has 0 saturated carbocycles. The number of carbonyl (C=O) groups is 1. The van der Waals surface area contributed by atoms with Crippen molar-refractivity contribution in [1.29, 1.82) is 0 Å². The van der Waals surface area contributed by atoms with E-state index in [1.165, 1.54) is 41.5 Å². The Morgan fingerprint density at radius 1 is 1.26 bits per heavy atom. The standard InChI is InChI=1S/C17H15FN4O4S/c18-12-3-1-11(2-4-12)15(23)8-21-10-19-16-14(17(21)24)7-20-22(16)13-5-6-27(25,26)9-13/h1-4,7,10,13H,5-6,8-9H2. The fourth-order valence-corrected chi connectivity index (χ4v) is 4.89. The Morgan fingerprint density at radius 3 is 2.67 bits per heavy atom. The molecule has 1 atom stereocenters. The van der Waals surface area contributed by atoms with Crippen molar-refractivity contribution in [2.75, 3.05) is 11.5 Å². The quantitative estimate of drug-likeness (QED) is 0.615. The second-order valence-electron chi connectivity index (χ2n) is 6.49. The van der Waals surface area contributed by atoms with Crippen molar-refractivity contribution in [1.82, 2.24) is 19.3 Å². The minimum atomic E-state index is -3.10. The number of hydrogen-bond acceptors (Lipinski definition) is 6. The van der Waals surface area contributed by atoms with E-state index in [4.69, 9.17) is 0 Å². The Labute approximate surface area is 153 Å². The highest BCUT2D eigenvalue weighted by Crippen LogP contribution is 2.25. The first-order valence-corrected chi connectivity index (χ1v) is 10.1. The van der Waals surface area contributed by atoms with Gasteiger partial charge in [-0.05, 0) is 30.7 Å². The van der Waals surface area contributed by atoms with E-state index in [1.54, 1.807) is 0 Å². The molecular weight excluding hydrogens is 375 g/mol. The van der Waals surface area contributed by atoms with E-state index in [0.717, 1.165) is 4.57 Å². The molecule has 0 spiro atoms. The van der Waals surface area contributed by atoms with Crippen LogP contribution in [0.2, 0.25) is 0 Å². The molecule has 1 unspecified atom stereocenters. The average molecular weight is 390 g/mol. The van der Waals surface area contributed by atoms with Crippen LogP contribution >= 0.6 is 0 Å². The molecule has 0 N–H and O–H groups in total. The lowest BCUT2D eigenvalue weighted by Gasteiger charge is -2.10. The van der Waals surface area contributed by atoms with Gasteiger partial charge in [-0.1, -0.05) is 0 Å². The van der Waals surface area contributed by atoms with Crippen molar-refractivity contribution in [3.8, 4) is 0 Å². The molecule has 3 heterocycles. The van der Waals surface area contributed by atoms with Crippen LogP contribution in [0.25, 0.3) is 11.0 Å². The molecule has 0 radical (unpaired) electrons. The zero-order valence-corrected chi connectivity index (χ0v) is 14.9. The lowest BCUT2D eigenvalue weighted by molar-refractivity contribution is 0.0970. The largest absolute Gasteiger partial charge is 0.292 e. The Hall–Kier alpha value is -2.88. The van der Waals surface area contributed by atoms with Gasteiger partial charge in [0.25, 0.3) is 5.56 Å². The van der Waals surface area contributed by atoms with Crippen molar-refractivity contribution in [3.05, 3.63) is 58.5 Å². The number of rotatable bonds is 4. The van der Waals surface area contributed by atoms with Crippen LogP contribution < -0.4 is 5.56 Å². The summed E-state index contributed by atoms with van der Waals surface area (Å²) in [7, 11) is -3.10. The molecular formula is C17H15FN4O4S. The van der Waals surface area contributed by atoms with Gasteiger partial charge in [0.05, 0.1) is 30.3 Å². The van der Waals surface area contributed by atoms with Gasteiger partial charge in [0.2, 0.25) is 0 Å². The van der Waals surface area contributed by atoms with Gasteiger partial charge >= 0.3 is 0 Å². The summed E-state index contributed by atoms with van der Waals surface area (Å²) in [6, 6.07) is 4.71. The number of benzene rings is 1. The van der Waals surface area contributed by atoms with Gasteiger partial charge in [0.15, 0.2) is 21.3 Å². The second kappa shape index (κ2) is 6.38. The highest BCUT2D eigenvalue weighted by Gasteiger charge is 2.31. The summed E-state index contributed by atoms with van der Waals surface area (Å²) >= 11 is 0. The normalized spacial score (nSPS) is 18.8. The van der Waals surface area contributed by atoms with Crippen LogP contribution in [0.5, 0.6) is 0 Å². The van der Waals surface area contributed by atoms with Gasteiger partial charge in [0, 0.05) is 5.56 Å². The molecule has 2 aromatic heterocycles. The van der Waals surface area contributed by atoms with Gasteiger partial charge < -0.3 is 0 Å². The van der Waals surface area contributed by atoms with Crippen LogP contribution in [-0.4, -0.2) is 45.0 Å². The van der Waals surface area contributed by atoms with E-state index in [2.05, 4.69) is 10.1 Å². The molecule has 1 aromatic carbocycles. The third kappa shape index (κ3) is 3.27. The highest BCUT2D eigenvalue weighted by molar-refractivity contribution is 7.91. The molecule has 1 saturated heterocycles. The number of fused-ring (bicyclic) bond motifs is 1. The lowest BCUT2D eigenvalue weighted by atomic mass is 10.1. The van der Waals surface area contributed by atoms with Crippen molar-refractivity contribution in [2.24, 2.45) is 0 Å². The van der Waals surface area contributed by atoms with Crippen molar-refractivity contribution < 1.29 is 17.6 Å². The van der Waals surface area contributed by atoms with Crippen LogP contribution in [0.4, 0.5) is 4.39 Å². The van der Waals surface area contributed by atoms with Crippen LogP contribution in [0.1, 0.15) is 22.8 Å². The Bertz CT molecular complexity index is 1200.